The van der Waals surface area contributed by atoms with Gasteiger partial charge in [0.1, 0.15) is 0 Å². The molecule has 5 heteroatoms. The van der Waals surface area contributed by atoms with Crippen LogP contribution in [0.5, 0.6) is 0 Å². The summed E-state index contributed by atoms with van der Waals surface area (Å²) in [6.07, 6.45) is 1.07. The van der Waals surface area contributed by atoms with Gasteiger partial charge in [-0.3, -0.25) is 15.0 Å². The normalized spacial score (nSPS) is 19.2. The van der Waals surface area contributed by atoms with Crippen LogP contribution in [-0.4, -0.2) is 36.0 Å². The second kappa shape index (κ2) is 7.00. The number of benzene rings is 1. The Bertz CT molecular complexity index is 498. The minimum Gasteiger partial charge on any atom is -0.314 e. The molecule has 116 valence electrons. The summed E-state index contributed by atoms with van der Waals surface area (Å²) in [4.78, 5) is 13.4. The van der Waals surface area contributed by atoms with Gasteiger partial charge < -0.3 is 5.32 Å². The molecule has 5 nitrogen and oxygen atoms in total. The molecule has 0 bridgehead atoms. The number of nitro groups is 1. The molecule has 2 rings (SSSR count). The quantitative estimate of drug-likeness (QED) is 0.669. The molecule has 1 aromatic carbocycles. The number of nitrogens with one attached hydrogen (secondary N) is 1. The molecule has 1 unspecified atom stereocenters. The average Bonchev–Trinajstić information content (AvgIpc) is 2.49. The van der Waals surface area contributed by atoms with Gasteiger partial charge in [0.2, 0.25) is 0 Å². The van der Waals surface area contributed by atoms with Crippen LogP contribution in [0.25, 0.3) is 0 Å². The lowest BCUT2D eigenvalue weighted by molar-refractivity contribution is -0.385. The Morgan fingerprint density at radius 1 is 1.38 bits per heavy atom. The van der Waals surface area contributed by atoms with Crippen LogP contribution >= 0.6 is 0 Å². The highest BCUT2D eigenvalue weighted by Crippen LogP contribution is 2.33. The van der Waals surface area contributed by atoms with Crippen LogP contribution in [0.2, 0.25) is 0 Å². The molecule has 1 aromatic rings. The maximum absolute atomic E-state index is 11.2. The number of hydrogen-bond donors (Lipinski definition) is 1. The second-order valence-corrected chi connectivity index (χ2v) is 5.92. The van der Waals surface area contributed by atoms with E-state index in [1.165, 1.54) is 0 Å². The van der Waals surface area contributed by atoms with Crippen molar-refractivity contribution in [2.75, 3.05) is 26.2 Å². The molecule has 1 fully saturated rings. The molecule has 0 aliphatic carbocycles. The van der Waals surface area contributed by atoms with Gasteiger partial charge in [-0.15, -0.1) is 0 Å². The van der Waals surface area contributed by atoms with Crippen LogP contribution < -0.4 is 5.32 Å². The maximum Gasteiger partial charge on any atom is 0.272 e. The summed E-state index contributed by atoms with van der Waals surface area (Å²) < 4.78 is 0. The van der Waals surface area contributed by atoms with Crippen molar-refractivity contribution in [2.24, 2.45) is 5.92 Å². The maximum atomic E-state index is 11.2. The molecule has 21 heavy (non-hydrogen) atoms. The van der Waals surface area contributed by atoms with Gasteiger partial charge in [-0.1, -0.05) is 32.4 Å². The summed E-state index contributed by atoms with van der Waals surface area (Å²) >= 11 is 0. The molecule has 2 atom stereocenters. The molecule has 0 radical (unpaired) electrons. The molecular weight excluding hydrogens is 266 g/mol. The summed E-state index contributed by atoms with van der Waals surface area (Å²) in [6.45, 7) is 10.2. The third-order valence-corrected chi connectivity index (χ3v) is 4.50. The van der Waals surface area contributed by atoms with E-state index in [-0.39, 0.29) is 16.7 Å². The molecule has 0 amide bonds. The molecule has 1 aliphatic rings. The standard InChI is InChI=1S/C16H25N3O2/c1-4-12(2)16(18-9-7-17-8-10-18)14-6-5-13(3)15(11-14)19(20)21/h5-6,11-12,16-17H,4,7-10H2,1-3H3/t12?,16-/m0/s1. The lowest BCUT2D eigenvalue weighted by atomic mass is 9.89. The Morgan fingerprint density at radius 2 is 2.05 bits per heavy atom. The van der Waals surface area contributed by atoms with E-state index in [4.69, 9.17) is 0 Å². The number of aryl methyl sites for hydroxylation is 1. The van der Waals surface area contributed by atoms with E-state index in [0.29, 0.717) is 5.92 Å². The third kappa shape index (κ3) is 3.60. The Kier molecular flexibility index (Phi) is 5.31. The van der Waals surface area contributed by atoms with Crippen LogP contribution in [0.1, 0.15) is 37.4 Å². The fraction of sp³-hybridized carbons (Fsp3) is 0.625. The largest absolute Gasteiger partial charge is 0.314 e. The van der Waals surface area contributed by atoms with E-state index in [9.17, 15) is 10.1 Å². The highest BCUT2D eigenvalue weighted by atomic mass is 16.6. The van der Waals surface area contributed by atoms with Crippen molar-refractivity contribution in [3.05, 3.63) is 39.4 Å². The second-order valence-electron chi connectivity index (χ2n) is 5.92. The summed E-state index contributed by atoms with van der Waals surface area (Å²) in [7, 11) is 0. The number of nitrogens with zero attached hydrogens (tertiary/aromatic N) is 2. The van der Waals surface area contributed by atoms with E-state index < -0.39 is 0 Å². The van der Waals surface area contributed by atoms with Crippen molar-refractivity contribution in [1.29, 1.82) is 0 Å². The van der Waals surface area contributed by atoms with Crippen molar-refractivity contribution in [1.82, 2.24) is 10.2 Å². The Labute approximate surface area is 126 Å². The van der Waals surface area contributed by atoms with Crippen molar-refractivity contribution < 1.29 is 4.92 Å². The van der Waals surface area contributed by atoms with Gasteiger partial charge in [0.15, 0.2) is 0 Å². The molecule has 1 heterocycles. The van der Waals surface area contributed by atoms with E-state index in [1.807, 2.05) is 6.07 Å². The zero-order valence-electron chi connectivity index (χ0n) is 13.1. The van der Waals surface area contributed by atoms with E-state index in [0.717, 1.165) is 43.7 Å². The van der Waals surface area contributed by atoms with Crippen molar-refractivity contribution in [3.63, 3.8) is 0 Å². The summed E-state index contributed by atoms with van der Waals surface area (Å²) in [5, 5.41) is 14.6. The molecule has 0 spiro atoms. The molecule has 0 aromatic heterocycles. The Hall–Kier alpha value is -1.46. The highest BCUT2D eigenvalue weighted by molar-refractivity contribution is 5.43. The molecule has 1 aliphatic heterocycles. The number of nitro benzene ring substituents is 1. The number of rotatable bonds is 5. The Balaban J connectivity index is 2.36. The highest BCUT2D eigenvalue weighted by Gasteiger charge is 2.28. The van der Waals surface area contributed by atoms with E-state index >= 15 is 0 Å². The van der Waals surface area contributed by atoms with Crippen LogP contribution in [-0.2, 0) is 0 Å². The molecule has 1 N–H and O–H groups in total. The SMILES string of the molecule is CCC(C)[C@@H](c1ccc(C)c([N+](=O)[O-])c1)N1CCNCC1. The monoisotopic (exact) mass is 291 g/mol. The zero-order chi connectivity index (χ0) is 15.4. The summed E-state index contributed by atoms with van der Waals surface area (Å²) in [6, 6.07) is 5.97. The predicted octanol–water partition coefficient (Wildman–Crippen LogP) is 2.90. The fourth-order valence-corrected chi connectivity index (χ4v) is 3.09. The van der Waals surface area contributed by atoms with Gasteiger partial charge in [0.05, 0.1) is 4.92 Å². The van der Waals surface area contributed by atoms with Gasteiger partial charge in [-0.05, 0) is 18.4 Å². The van der Waals surface area contributed by atoms with Crippen molar-refractivity contribution >= 4 is 5.69 Å². The number of piperazine rings is 1. The predicted molar refractivity (Wildman–Crippen MR) is 84.5 cm³/mol. The Morgan fingerprint density at radius 3 is 2.62 bits per heavy atom. The average molecular weight is 291 g/mol. The lowest BCUT2D eigenvalue weighted by Gasteiger charge is -2.38. The first-order valence-corrected chi connectivity index (χ1v) is 7.74. The fourth-order valence-electron chi connectivity index (χ4n) is 3.09. The van der Waals surface area contributed by atoms with Crippen molar-refractivity contribution in [3.8, 4) is 0 Å². The summed E-state index contributed by atoms with van der Waals surface area (Å²) in [5.74, 6) is 0.477. The first-order valence-electron chi connectivity index (χ1n) is 7.74. The first kappa shape index (κ1) is 15.9. The van der Waals surface area contributed by atoms with Crippen LogP contribution in [0.4, 0.5) is 5.69 Å². The van der Waals surface area contributed by atoms with Crippen molar-refractivity contribution in [2.45, 2.75) is 33.2 Å². The van der Waals surface area contributed by atoms with Gasteiger partial charge in [0, 0.05) is 43.9 Å². The van der Waals surface area contributed by atoms with Gasteiger partial charge in [0.25, 0.3) is 5.69 Å². The minimum absolute atomic E-state index is 0.232. The summed E-state index contributed by atoms with van der Waals surface area (Å²) in [5.41, 5.74) is 2.03. The van der Waals surface area contributed by atoms with Gasteiger partial charge >= 0.3 is 0 Å². The zero-order valence-corrected chi connectivity index (χ0v) is 13.1. The van der Waals surface area contributed by atoms with Gasteiger partial charge in [-0.25, -0.2) is 0 Å². The van der Waals surface area contributed by atoms with Crippen LogP contribution in [0.15, 0.2) is 18.2 Å². The van der Waals surface area contributed by atoms with Crippen LogP contribution in [0, 0.1) is 23.0 Å². The van der Waals surface area contributed by atoms with E-state index in [1.54, 1.807) is 13.0 Å². The molecule has 0 saturated carbocycles. The first-order chi connectivity index (χ1) is 10.0. The van der Waals surface area contributed by atoms with Crippen LogP contribution in [0.3, 0.4) is 0 Å². The van der Waals surface area contributed by atoms with E-state index in [2.05, 4.69) is 30.1 Å². The smallest absolute Gasteiger partial charge is 0.272 e. The minimum atomic E-state index is -0.274. The third-order valence-electron chi connectivity index (χ3n) is 4.50. The topological polar surface area (TPSA) is 58.4 Å². The number of hydrogen-bond acceptors (Lipinski definition) is 4. The molecular formula is C16H25N3O2. The molecule has 1 saturated heterocycles. The lowest BCUT2D eigenvalue weighted by Crippen LogP contribution is -2.46. The van der Waals surface area contributed by atoms with Gasteiger partial charge in [-0.2, -0.15) is 0 Å².